The van der Waals surface area contributed by atoms with E-state index in [4.69, 9.17) is 4.74 Å². The fourth-order valence-corrected chi connectivity index (χ4v) is 3.09. The number of benzene rings is 1. The molecule has 0 saturated carbocycles. The third kappa shape index (κ3) is 6.70. The van der Waals surface area contributed by atoms with E-state index in [1.165, 1.54) is 17.0 Å². The Morgan fingerprint density at radius 3 is 2.56 bits per heavy atom. The summed E-state index contributed by atoms with van der Waals surface area (Å²) < 4.78 is 18.4. The molecule has 1 heterocycles. The Morgan fingerprint density at radius 2 is 1.92 bits per heavy atom. The van der Waals surface area contributed by atoms with E-state index in [1.54, 1.807) is 30.5 Å². The van der Waals surface area contributed by atoms with Crippen LogP contribution in [0.2, 0.25) is 0 Å². The summed E-state index contributed by atoms with van der Waals surface area (Å²) in [4.78, 5) is 10.0. The van der Waals surface area contributed by atoms with Gasteiger partial charge in [-0.1, -0.05) is 0 Å². The zero-order chi connectivity index (χ0) is 18.1. The number of thiazole rings is 1. The first kappa shape index (κ1) is 19.2. The van der Waals surface area contributed by atoms with Crippen molar-refractivity contribution >= 4 is 17.3 Å². The van der Waals surface area contributed by atoms with Gasteiger partial charge < -0.3 is 15.4 Å². The van der Waals surface area contributed by atoms with Crippen molar-refractivity contribution < 1.29 is 9.13 Å². The number of rotatable bonds is 8. The molecule has 0 atom stereocenters. The summed E-state index contributed by atoms with van der Waals surface area (Å²) in [6.45, 7) is 6.23. The Morgan fingerprint density at radius 1 is 1.20 bits per heavy atom. The van der Waals surface area contributed by atoms with Gasteiger partial charge in [0.25, 0.3) is 0 Å². The van der Waals surface area contributed by atoms with E-state index in [2.05, 4.69) is 27.5 Å². The van der Waals surface area contributed by atoms with Crippen molar-refractivity contribution in [2.45, 2.75) is 26.7 Å². The second-order valence-electron chi connectivity index (χ2n) is 5.58. The molecule has 0 bridgehead atoms. The van der Waals surface area contributed by atoms with Gasteiger partial charge >= 0.3 is 0 Å². The summed E-state index contributed by atoms with van der Waals surface area (Å²) in [6, 6.07) is 6.05. The van der Waals surface area contributed by atoms with Crippen LogP contribution in [0.1, 0.15) is 22.0 Å². The molecule has 0 amide bonds. The van der Waals surface area contributed by atoms with Crippen LogP contribution in [0.25, 0.3) is 0 Å². The Kier molecular flexibility index (Phi) is 7.66. The third-order valence-corrected chi connectivity index (χ3v) is 4.76. The Hall–Kier alpha value is -2.15. The lowest BCUT2D eigenvalue weighted by Crippen LogP contribution is -2.39. The van der Waals surface area contributed by atoms with Crippen molar-refractivity contribution in [3.8, 4) is 5.75 Å². The average Bonchev–Trinajstić information content (AvgIpc) is 2.92. The highest BCUT2D eigenvalue weighted by molar-refractivity contribution is 7.11. The van der Waals surface area contributed by atoms with E-state index < -0.39 is 0 Å². The second-order valence-corrected chi connectivity index (χ2v) is 6.87. The van der Waals surface area contributed by atoms with Gasteiger partial charge in [0.1, 0.15) is 11.6 Å². The van der Waals surface area contributed by atoms with Crippen LogP contribution in [0.3, 0.4) is 0 Å². The molecule has 0 saturated heterocycles. The van der Waals surface area contributed by atoms with Crippen LogP contribution >= 0.6 is 11.3 Å². The Bertz CT molecular complexity index is 665. The van der Waals surface area contributed by atoms with E-state index in [9.17, 15) is 4.39 Å². The van der Waals surface area contributed by atoms with Gasteiger partial charge in [0.05, 0.1) is 17.3 Å². The SMILES string of the molecule is CN=C(NCCCOc1ccc(F)cc1)NCCc1nc(C)c(C)s1. The molecule has 0 fully saturated rings. The zero-order valence-corrected chi connectivity index (χ0v) is 15.8. The van der Waals surface area contributed by atoms with Crippen molar-refractivity contribution in [2.75, 3.05) is 26.7 Å². The highest BCUT2D eigenvalue weighted by Crippen LogP contribution is 2.16. The van der Waals surface area contributed by atoms with Crippen molar-refractivity contribution in [1.82, 2.24) is 15.6 Å². The van der Waals surface area contributed by atoms with E-state index in [0.717, 1.165) is 42.6 Å². The monoisotopic (exact) mass is 364 g/mol. The van der Waals surface area contributed by atoms with Gasteiger partial charge in [0, 0.05) is 31.4 Å². The Balaban J connectivity index is 1.59. The summed E-state index contributed by atoms with van der Waals surface area (Å²) in [6.07, 6.45) is 1.71. The number of ether oxygens (including phenoxy) is 1. The van der Waals surface area contributed by atoms with Crippen molar-refractivity contribution in [2.24, 2.45) is 4.99 Å². The minimum absolute atomic E-state index is 0.257. The average molecular weight is 364 g/mol. The molecule has 1 aromatic heterocycles. The number of hydrogen-bond acceptors (Lipinski definition) is 4. The number of guanidine groups is 1. The maximum atomic E-state index is 12.8. The maximum Gasteiger partial charge on any atom is 0.190 e. The van der Waals surface area contributed by atoms with Crippen LogP contribution in [0.4, 0.5) is 4.39 Å². The molecule has 0 spiro atoms. The van der Waals surface area contributed by atoms with Crippen LogP contribution in [-0.4, -0.2) is 37.7 Å². The van der Waals surface area contributed by atoms with Gasteiger partial charge in [0.15, 0.2) is 5.96 Å². The lowest BCUT2D eigenvalue weighted by Gasteiger charge is -2.11. The molecule has 25 heavy (non-hydrogen) atoms. The lowest BCUT2D eigenvalue weighted by molar-refractivity contribution is 0.310. The highest BCUT2D eigenvalue weighted by Gasteiger charge is 2.04. The number of halogens is 1. The topological polar surface area (TPSA) is 58.5 Å². The van der Waals surface area contributed by atoms with E-state index >= 15 is 0 Å². The van der Waals surface area contributed by atoms with Gasteiger partial charge in [-0.2, -0.15) is 0 Å². The number of nitrogens with zero attached hydrogens (tertiary/aromatic N) is 2. The fraction of sp³-hybridized carbons (Fsp3) is 0.444. The van der Waals surface area contributed by atoms with Crippen LogP contribution in [0.5, 0.6) is 5.75 Å². The molecule has 2 aromatic rings. The first-order valence-electron chi connectivity index (χ1n) is 8.34. The molecule has 7 heteroatoms. The van der Waals surface area contributed by atoms with Crippen LogP contribution in [0, 0.1) is 19.7 Å². The molecule has 1 aromatic carbocycles. The third-order valence-electron chi connectivity index (χ3n) is 3.62. The van der Waals surface area contributed by atoms with Crippen LogP contribution in [0.15, 0.2) is 29.3 Å². The number of nitrogens with one attached hydrogen (secondary N) is 2. The number of aromatic nitrogens is 1. The molecular formula is C18H25FN4OS. The largest absolute Gasteiger partial charge is 0.494 e. The highest BCUT2D eigenvalue weighted by atomic mass is 32.1. The lowest BCUT2D eigenvalue weighted by atomic mass is 10.3. The molecule has 0 aliphatic heterocycles. The van der Waals surface area contributed by atoms with Gasteiger partial charge in [-0.3, -0.25) is 4.99 Å². The normalized spacial score (nSPS) is 11.4. The first-order chi connectivity index (χ1) is 12.1. The van der Waals surface area contributed by atoms with Gasteiger partial charge in [-0.05, 0) is 44.5 Å². The van der Waals surface area contributed by atoms with Gasteiger partial charge in [-0.25, -0.2) is 9.37 Å². The van der Waals surface area contributed by atoms with E-state index in [-0.39, 0.29) is 5.82 Å². The van der Waals surface area contributed by atoms with Gasteiger partial charge in [0.2, 0.25) is 0 Å². The van der Waals surface area contributed by atoms with E-state index in [0.29, 0.717) is 12.4 Å². The smallest absolute Gasteiger partial charge is 0.190 e. The number of aryl methyl sites for hydroxylation is 2. The van der Waals surface area contributed by atoms with Crippen LogP contribution in [-0.2, 0) is 6.42 Å². The molecule has 0 radical (unpaired) electrons. The molecule has 0 aliphatic carbocycles. The molecule has 2 N–H and O–H groups in total. The number of aliphatic imine (C=N–C) groups is 1. The molecular weight excluding hydrogens is 339 g/mol. The minimum Gasteiger partial charge on any atom is -0.494 e. The maximum absolute atomic E-state index is 12.8. The quantitative estimate of drug-likeness (QED) is 0.429. The summed E-state index contributed by atoms with van der Waals surface area (Å²) in [7, 11) is 1.75. The van der Waals surface area contributed by atoms with E-state index in [1.807, 2.05) is 6.92 Å². The van der Waals surface area contributed by atoms with Crippen LogP contribution < -0.4 is 15.4 Å². The molecule has 136 valence electrons. The molecule has 5 nitrogen and oxygen atoms in total. The summed E-state index contributed by atoms with van der Waals surface area (Å²) in [5.41, 5.74) is 1.11. The van der Waals surface area contributed by atoms with Crippen molar-refractivity contribution in [1.29, 1.82) is 0 Å². The zero-order valence-electron chi connectivity index (χ0n) is 14.9. The summed E-state index contributed by atoms with van der Waals surface area (Å²) >= 11 is 1.75. The standard InChI is InChI=1S/C18H25FN4OS/c1-13-14(2)25-17(23-13)9-11-22-18(20-3)21-10-4-12-24-16-7-5-15(19)6-8-16/h5-8H,4,9-12H2,1-3H3,(H2,20,21,22). The predicted octanol–water partition coefficient (Wildman–Crippen LogP) is 3.08. The predicted molar refractivity (Wildman–Crippen MR) is 101 cm³/mol. The molecule has 0 aliphatic rings. The molecule has 0 unspecified atom stereocenters. The minimum atomic E-state index is -0.257. The summed E-state index contributed by atoms with van der Waals surface area (Å²) in [5.74, 6) is 1.19. The van der Waals surface area contributed by atoms with Gasteiger partial charge in [-0.15, -0.1) is 11.3 Å². The Labute approximate surface area is 152 Å². The molecule has 2 rings (SSSR count). The van der Waals surface area contributed by atoms with Crippen molar-refractivity contribution in [3.05, 3.63) is 45.7 Å². The first-order valence-corrected chi connectivity index (χ1v) is 9.16. The second kappa shape index (κ2) is 9.98. The fourth-order valence-electron chi connectivity index (χ4n) is 2.15. The summed E-state index contributed by atoms with van der Waals surface area (Å²) in [5, 5.41) is 7.68. The number of hydrogen-bond donors (Lipinski definition) is 2. The van der Waals surface area contributed by atoms with Crippen molar-refractivity contribution in [3.63, 3.8) is 0 Å².